The zero-order valence-electron chi connectivity index (χ0n) is 13.2. The number of nitrogens with one attached hydrogen (secondary N) is 1. The molecule has 22 heavy (non-hydrogen) atoms. The lowest BCUT2D eigenvalue weighted by Gasteiger charge is -2.21. The molecule has 0 aliphatic heterocycles. The second-order valence-corrected chi connectivity index (χ2v) is 4.74. The van der Waals surface area contributed by atoms with Crippen LogP contribution in [0.1, 0.15) is 23.2 Å². The van der Waals surface area contributed by atoms with Crippen molar-refractivity contribution in [3.8, 4) is 0 Å². The lowest BCUT2D eigenvalue weighted by Crippen LogP contribution is -2.37. The Morgan fingerprint density at radius 3 is 2.64 bits per heavy atom. The van der Waals surface area contributed by atoms with Gasteiger partial charge in [-0.1, -0.05) is 0 Å². The highest BCUT2D eigenvalue weighted by Gasteiger charge is 2.17. The summed E-state index contributed by atoms with van der Waals surface area (Å²) >= 11 is 0. The first-order valence-corrected chi connectivity index (χ1v) is 7.25. The molecule has 0 aliphatic rings. The Hall–Kier alpha value is -1.86. The molecule has 0 radical (unpaired) electrons. The van der Waals surface area contributed by atoms with E-state index in [1.165, 1.54) is 12.5 Å². The van der Waals surface area contributed by atoms with Crippen LogP contribution in [0.15, 0.2) is 23.0 Å². The van der Waals surface area contributed by atoms with Gasteiger partial charge < -0.3 is 24.1 Å². The van der Waals surface area contributed by atoms with Crippen LogP contribution in [0.5, 0.6) is 0 Å². The summed E-state index contributed by atoms with van der Waals surface area (Å²) in [5.41, 5.74) is 0.469. The van der Waals surface area contributed by atoms with E-state index in [1.54, 1.807) is 25.2 Å². The summed E-state index contributed by atoms with van der Waals surface area (Å²) in [6.45, 7) is 2.36. The maximum Gasteiger partial charge on any atom is 0.257 e. The SMILES string of the molecule is COCCCNC(=O)CCN(CCOC)C(=O)c1ccoc1. The van der Waals surface area contributed by atoms with Crippen LogP contribution in [0.2, 0.25) is 0 Å². The Balaban J connectivity index is 2.41. The third-order valence-corrected chi connectivity index (χ3v) is 3.08. The summed E-state index contributed by atoms with van der Waals surface area (Å²) in [5.74, 6) is -0.253. The standard InChI is InChI=1S/C15H24N2O5/c1-20-9-3-6-16-14(18)4-7-17(8-11-21-2)15(19)13-5-10-22-12-13/h5,10,12H,3-4,6-9,11H2,1-2H3,(H,16,18). The minimum absolute atomic E-state index is 0.0847. The third-order valence-electron chi connectivity index (χ3n) is 3.08. The second-order valence-electron chi connectivity index (χ2n) is 4.74. The fraction of sp³-hybridized carbons (Fsp3) is 0.600. The molecular weight excluding hydrogens is 288 g/mol. The van der Waals surface area contributed by atoms with Crippen molar-refractivity contribution in [1.82, 2.24) is 10.2 Å². The van der Waals surface area contributed by atoms with Crippen molar-refractivity contribution < 1.29 is 23.5 Å². The lowest BCUT2D eigenvalue weighted by atomic mass is 10.2. The number of hydrogen-bond acceptors (Lipinski definition) is 5. The first-order chi connectivity index (χ1) is 10.7. The van der Waals surface area contributed by atoms with E-state index >= 15 is 0 Å². The molecule has 0 aliphatic carbocycles. The van der Waals surface area contributed by atoms with Crippen molar-refractivity contribution in [1.29, 1.82) is 0 Å². The number of rotatable bonds is 11. The van der Waals surface area contributed by atoms with E-state index in [-0.39, 0.29) is 18.2 Å². The fourth-order valence-corrected chi connectivity index (χ4v) is 1.85. The van der Waals surface area contributed by atoms with Gasteiger partial charge in [-0.2, -0.15) is 0 Å². The zero-order valence-corrected chi connectivity index (χ0v) is 13.2. The first-order valence-electron chi connectivity index (χ1n) is 7.25. The maximum absolute atomic E-state index is 12.3. The number of carbonyl (C=O) groups excluding carboxylic acids is 2. The number of ether oxygens (including phenoxy) is 2. The Kier molecular flexibility index (Phi) is 8.94. The van der Waals surface area contributed by atoms with Gasteiger partial charge in [-0.15, -0.1) is 0 Å². The molecule has 124 valence electrons. The van der Waals surface area contributed by atoms with Crippen molar-refractivity contribution in [2.45, 2.75) is 12.8 Å². The number of nitrogens with zero attached hydrogens (tertiary/aromatic N) is 1. The Labute approximate surface area is 130 Å². The van der Waals surface area contributed by atoms with Crippen molar-refractivity contribution in [3.05, 3.63) is 24.2 Å². The molecule has 1 aromatic heterocycles. The van der Waals surface area contributed by atoms with Crippen LogP contribution < -0.4 is 5.32 Å². The molecule has 0 aromatic carbocycles. The summed E-state index contributed by atoms with van der Waals surface area (Å²) in [6, 6.07) is 1.60. The predicted octanol–water partition coefficient (Wildman–Crippen LogP) is 0.911. The molecule has 7 nitrogen and oxygen atoms in total. The van der Waals surface area contributed by atoms with Gasteiger partial charge in [-0.25, -0.2) is 0 Å². The van der Waals surface area contributed by atoms with Crippen LogP contribution >= 0.6 is 0 Å². The van der Waals surface area contributed by atoms with Gasteiger partial charge in [0.2, 0.25) is 5.91 Å². The maximum atomic E-state index is 12.3. The molecule has 0 saturated heterocycles. The Morgan fingerprint density at radius 1 is 1.23 bits per heavy atom. The molecule has 1 aromatic rings. The van der Waals surface area contributed by atoms with Crippen LogP contribution in [0.25, 0.3) is 0 Å². The minimum Gasteiger partial charge on any atom is -0.472 e. The average molecular weight is 312 g/mol. The fourth-order valence-electron chi connectivity index (χ4n) is 1.85. The first kappa shape index (κ1) is 18.2. The number of carbonyl (C=O) groups is 2. The van der Waals surface area contributed by atoms with Gasteiger partial charge in [0.25, 0.3) is 5.91 Å². The molecule has 0 unspecified atom stereocenters. The quantitative estimate of drug-likeness (QED) is 0.614. The van der Waals surface area contributed by atoms with Crippen LogP contribution in [0.3, 0.4) is 0 Å². The monoisotopic (exact) mass is 312 g/mol. The van der Waals surface area contributed by atoms with Gasteiger partial charge in [0, 0.05) is 46.9 Å². The molecule has 1 heterocycles. The normalized spacial score (nSPS) is 10.5. The van der Waals surface area contributed by atoms with Crippen molar-refractivity contribution in [2.24, 2.45) is 0 Å². The summed E-state index contributed by atoms with van der Waals surface area (Å²) in [4.78, 5) is 25.6. The molecule has 1 rings (SSSR count). The van der Waals surface area contributed by atoms with Crippen LogP contribution in [-0.4, -0.2) is 63.8 Å². The van der Waals surface area contributed by atoms with Crippen molar-refractivity contribution in [2.75, 3.05) is 47.1 Å². The van der Waals surface area contributed by atoms with E-state index in [0.717, 1.165) is 6.42 Å². The summed E-state index contributed by atoms with van der Waals surface area (Å²) in [7, 11) is 3.19. The molecule has 1 N–H and O–H groups in total. The largest absolute Gasteiger partial charge is 0.472 e. The zero-order chi connectivity index (χ0) is 16.2. The second kappa shape index (κ2) is 10.8. The lowest BCUT2D eigenvalue weighted by molar-refractivity contribution is -0.121. The van der Waals surface area contributed by atoms with Gasteiger partial charge in [0.15, 0.2) is 0 Å². The molecule has 0 spiro atoms. The van der Waals surface area contributed by atoms with E-state index in [0.29, 0.717) is 38.4 Å². The van der Waals surface area contributed by atoms with E-state index in [4.69, 9.17) is 13.9 Å². The van der Waals surface area contributed by atoms with Crippen LogP contribution in [0, 0.1) is 0 Å². The summed E-state index contributed by atoms with van der Waals surface area (Å²) in [6.07, 6.45) is 3.86. The van der Waals surface area contributed by atoms with E-state index in [9.17, 15) is 9.59 Å². The number of methoxy groups -OCH3 is 2. The van der Waals surface area contributed by atoms with Gasteiger partial charge in [0.05, 0.1) is 18.4 Å². The summed E-state index contributed by atoms with van der Waals surface area (Å²) in [5, 5.41) is 2.80. The van der Waals surface area contributed by atoms with E-state index in [2.05, 4.69) is 5.32 Å². The minimum atomic E-state index is -0.169. The predicted molar refractivity (Wildman–Crippen MR) is 80.6 cm³/mol. The van der Waals surface area contributed by atoms with Gasteiger partial charge in [-0.05, 0) is 12.5 Å². The molecule has 0 bridgehead atoms. The molecule has 0 saturated carbocycles. The topological polar surface area (TPSA) is 81.0 Å². The van der Waals surface area contributed by atoms with Crippen molar-refractivity contribution >= 4 is 11.8 Å². The average Bonchev–Trinajstić information content (AvgIpc) is 3.05. The van der Waals surface area contributed by atoms with Crippen LogP contribution in [-0.2, 0) is 14.3 Å². The molecule has 2 amide bonds. The highest BCUT2D eigenvalue weighted by molar-refractivity contribution is 5.94. The Bertz CT molecular complexity index is 433. The smallest absolute Gasteiger partial charge is 0.257 e. The van der Waals surface area contributed by atoms with E-state index < -0.39 is 0 Å². The highest BCUT2D eigenvalue weighted by Crippen LogP contribution is 2.06. The molecule has 0 atom stereocenters. The molecular formula is C15H24N2O5. The van der Waals surface area contributed by atoms with Gasteiger partial charge in [-0.3, -0.25) is 9.59 Å². The highest BCUT2D eigenvalue weighted by atomic mass is 16.5. The summed E-state index contributed by atoms with van der Waals surface area (Å²) < 4.78 is 14.8. The van der Waals surface area contributed by atoms with Gasteiger partial charge >= 0.3 is 0 Å². The number of amides is 2. The Morgan fingerprint density at radius 2 is 2.00 bits per heavy atom. The van der Waals surface area contributed by atoms with Crippen molar-refractivity contribution in [3.63, 3.8) is 0 Å². The van der Waals surface area contributed by atoms with E-state index in [1.807, 2.05) is 0 Å². The molecule has 7 heteroatoms. The number of furan rings is 1. The third kappa shape index (κ3) is 6.73. The number of hydrogen-bond donors (Lipinski definition) is 1. The van der Waals surface area contributed by atoms with Crippen LogP contribution in [0.4, 0.5) is 0 Å². The molecule has 0 fully saturated rings. The van der Waals surface area contributed by atoms with Gasteiger partial charge in [0.1, 0.15) is 6.26 Å².